The lowest BCUT2D eigenvalue weighted by atomic mass is 10.2. The zero-order valence-corrected chi connectivity index (χ0v) is 10.5. The Labute approximate surface area is 102 Å². The average Bonchev–Trinajstić information content (AvgIpc) is 2.77. The van der Waals surface area contributed by atoms with Crippen LogP contribution in [0.1, 0.15) is 11.3 Å². The van der Waals surface area contributed by atoms with Crippen molar-refractivity contribution in [2.75, 3.05) is 7.11 Å². The van der Waals surface area contributed by atoms with Crippen LogP contribution >= 0.6 is 15.9 Å². The van der Waals surface area contributed by atoms with Crippen LogP contribution in [0.15, 0.2) is 30.5 Å². The monoisotopic (exact) mass is 281 g/mol. The number of hydrogen-bond donors (Lipinski definition) is 0. The molecule has 1 aromatic heterocycles. The maximum Gasteiger partial charge on any atom is 0.123 e. The van der Waals surface area contributed by atoms with E-state index in [-0.39, 0.29) is 0 Å². The van der Waals surface area contributed by atoms with Crippen LogP contribution in [0.2, 0.25) is 0 Å². The molecule has 0 amide bonds. The predicted octanol–water partition coefficient (Wildman–Crippen LogP) is 2.23. The van der Waals surface area contributed by atoms with E-state index in [9.17, 15) is 0 Å². The zero-order valence-electron chi connectivity index (χ0n) is 8.93. The summed E-state index contributed by atoms with van der Waals surface area (Å²) in [6.45, 7) is 0.671. The van der Waals surface area contributed by atoms with E-state index in [1.807, 2.05) is 30.5 Å². The summed E-state index contributed by atoms with van der Waals surface area (Å²) >= 11 is 3.34. The van der Waals surface area contributed by atoms with Crippen LogP contribution in [-0.2, 0) is 11.9 Å². The number of hydrogen-bond acceptors (Lipinski definition) is 3. The molecule has 0 bridgehead atoms. The fraction of sp³-hybridized carbons (Fsp3) is 0.273. The highest BCUT2D eigenvalue weighted by atomic mass is 79.9. The summed E-state index contributed by atoms with van der Waals surface area (Å²) in [6.07, 6.45) is 1.92. The first-order chi connectivity index (χ1) is 7.83. The highest BCUT2D eigenvalue weighted by Crippen LogP contribution is 2.18. The molecule has 16 heavy (non-hydrogen) atoms. The van der Waals surface area contributed by atoms with Crippen molar-refractivity contribution in [1.82, 2.24) is 15.0 Å². The van der Waals surface area contributed by atoms with E-state index in [1.54, 1.807) is 11.8 Å². The van der Waals surface area contributed by atoms with Gasteiger partial charge in [0.25, 0.3) is 0 Å². The smallest absolute Gasteiger partial charge is 0.123 e. The molecule has 2 aromatic rings. The summed E-state index contributed by atoms with van der Waals surface area (Å²) in [5, 5.41) is 8.77. The molecule has 0 atom stereocenters. The Morgan fingerprint density at radius 2 is 2.19 bits per heavy atom. The molecule has 0 saturated heterocycles. The highest BCUT2D eigenvalue weighted by Gasteiger charge is 2.04. The fourth-order valence-electron chi connectivity index (χ4n) is 1.49. The number of ether oxygens (including phenoxy) is 1. The molecule has 4 nitrogen and oxygen atoms in total. The Morgan fingerprint density at radius 3 is 2.88 bits per heavy atom. The summed E-state index contributed by atoms with van der Waals surface area (Å²) in [4.78, 5) is 0. The van der Waals surface area contributed by atoms with E-state index in [2.05, 4.69) is 26.2 Å². The Kier molecular flexibility index (Phi) is 3.56. The highest BCUT2D eigenvalue weighted by molar-refractivity contribution is 9.08. The van der Waals surface area contributed by atoms with Gasteiger partial charge < -0.3 is 4.74 Å². The quantitative estimate of drug-likeness (QED) is 0.807. The van der Waals surface area contributed by atoms with Crippen LogP contribution < -0.4 is 4.74 Å². The third-order valence-corrected chi connectivity index (χ3v) is 2.82. The lowest BCUT2D eigenvalue weighted by Gasteiger charge is -2.07. The van der Waals surface area contributed by atoms with E-state index in [0.29, 0.717) is 6.54 Å². The SMILES string of the molecule is COc1ccccc1Cn1cc(CBr)nn1. The lowest BCUT2D eigenvalue weighted by Crippen LogP contribution is -2.02. The lowest BCUT2D eigenvalue weighted by molar-refractivity contribution is 0.407. The van der Waals surface area contributed by atoms with Crippen molar-refractivity contribution in [3.8, 4) is 5.75 Å². The summed E-state index contributed by atoms with van der Waals surface area (Å²) in [5.41, 5.74) is 2.02. The molecule has 0 fully saturated rings. The third kappa shape index (κ3) is 2.41. The normalized spacial score (nSPS) is 10.4. The second-order valence-electron chi connectivity index (χ2n) is 3.35. The maximum absolute atomic E-state index is 5.28. The first-order valence-corrected chi connectivity index (χ1v) is 6.02. The van der Waals surface area contributed by atoms with Gasteiger partial charge in [-0.15, -0.1) is 5.10 Å². The molecule has 2 rings (SSSR count). The van der Waals surface area contributed by atoms with Gasteiger partial charge in [0.05, 0.1) is 19.3 Å². The van der Waals surface area contributed by atoms with Crippen molar-refractivity contribution >= 4 is 15.9 Å². The molecular formula is C11H12BrN3O. The molecule has 0 aliphatic carbocycles. The molecule has 1 aromatic carbocycles. The van der Waals surface area contributed by atoms with Gasteiger partial charge in [-0.3, -0.25) is 0 Å². The van der Waals surface area contributed by atoms with E-state index in [4.69, 9.17) is 4.74 Å². The molecule has 5 heteroatoms. The zero-order chi connectivity index (χ0) is 11.4. The van der Waals surface area contributed by atoms with Crippen molar-refractivity contribution in [3.05, 3.63) is 41.7 Å². The minimum Gasteiger partial charge on any atom is -0.496 e. The molecule has 0 N–H and O–H groups in total. The van der Waals surface area contributed by atoms with Gasteiger partial charge in [0.1, 0.15) is 5.75 Å². The third-order valence-electron chi connectivity index (χ3n) is 2.25. The Morgan fingerprint density at radius 1 is 1.38 bits per heavy atom. The van der Waals surface area contributed by atoms with Crippen LogP contribution in [0.5, 0.6) is 5.75 Å². The van der Waals surface area contributed by atoms with Crippen LogP contribution in [0.3, 0.4) is 0 Å². The number of halogens is 1. The molecule has 0 spiro atoms. The fourth-order valence-corrected chi connectivity index (χ4v) is 1.74. The van der Waals surface area contributed by atoms with Gasteiger partial charge in [0.2, 0.25) is 0 Å². The molecule has 0 aliphatic heterocycles. The van der Waals surface area contributed by atoms with E-state index >= 15 is 0 Å². The second-order valence-corrected chi connectivity index (χ2v) is 3.91. The van der Waals surface area contributed by atoms with Gasteiger partial charge in [0.15, 0.2) is 0 Å². The maximum atomic E-state index is 5.28. The largest absolute Gasteiger partial charge is 0.496 e. The first-order valence-electron chi connectivity index (χ1n) is 4.90. The van der Waals surface area contributed by atoms with Crippen molar-refractivity contribution < 1.29 is 4.74 Å². The number of rotatable bonds is 4. The van der Waals surface area contributed by atoms with Gasteiger partial charge in [-0.2, -0.15) is 0 Å². The topological polar surface area (TPSA) is 39.9 Å². The number of methoxy groups -OCH3 is 1. The minimum atomic E-state index is 0.671. The number of benzene rings is 1. The van der Waals surface area contributed by atoms with Crippen molar-refractivity contribution in [3.63, 3.8) is 0 Å². The van der Waals surface area contributed by atoms with E-state index < -0.39 is 0 Å². The second kappa shape index (κ2) is 5.12. The number of aromatic nitrogens is 3. The molecule has 0 aliphatic rings. The van der Waals surface area contributed by atoms with Crippen LogP contribution in [0.4, 0.5) is 0 Å². The molecule has 0 saturated carbocycles. The molecule has 1 heterocycles. The summed E-state index contributed by atoms with van der Waals surface area (Å²) in [6, 6.07) is 7.90. The summed E-state index contributed by atoms with van der Waals surface area (Å²) in [5.74, 6) is 0.874. The average molecular weight is 282 g/mol. The summed E-state index contributed by atoms with van der Waals surface area (Å²) in [7, 11) is 1.67. The number of para-hydroxylation sites is 1. The molecule has 0 unspecified atom stereocenters. The predicted molar refractivity (Wildman–Crippen MR) is 64.7 cm³/mol. The Balaban J connectivity index is 2.19. The van der Waals surface area contributed by atoms with Gasteiger partial charge in [0, 0.05) is 17.1 Å². The molecule has 0 radical (unpaired) electrons. The van der Waals surface area contributed by atoms with Crippen LogP contribution in [0.25, 0.3) is 0 Å². The van der Waals surface area contributed by atoms with E-state index in [1.165, 1.54) is 0 Å². The van der Waals surface area contributed by atoms with Crippen molar-refractivity contribution in [1.29, 1.82) is 0 Å². The first kappa shape index (κ1) is 11.1. The Bertz CT molecular complexity index is 470. The number of alkyl halides is 1. The molecule has 84 valence electrons. The number of nitrogens with zero attached hydrogens (tertiary/aromatic N) is 3. The molecular weight excluding hydrogens is 270 g/mol. The van der Waals surface area contributed by atoms with Gasteiger partial charge >= 0.3 is 0 Å². The standard InChI is InChI=1S/C11H12BrN3O/c1-16-11-5-3-2-4-9(11)7-15-8-10(6-12)13-14-15/h2-5,8H,6-7H2,1H3. The van der Waals surface area contributed by atoms with Gasteiger partial charge in [-0.25, -0.2) is 4.68 Å². The van der Waals surface area contributed by atoms with Gasteiger partial charge in [-0.1, -0.05) is 39.3 Å². The summed E-state index contributed by atoms with van der Waals surface area (Å²) < 4.78 is 7.08. The van der Waals surface area contributed by atoms with Crippen molar-refractivity contribution in [2.24, 2.45) is 0 Å². The van der Waals surface area contributed by atoms with Crippen LogP contribution in [-0.4, -0.2) is 22.1 Å². The van der Waals surface area contributed by atoms with Gasteiger partial charge in [-0.05, 0) is 6.07 Å². The Hall–Kier alpha value is -1.36. The van der Waals surface area contributed by atoms with Crippen LogP contribution in [0, 0.1) is 0 Å². The minimum absolute atomic E-state index is 0.671. The van der Waals surface area contributed by atoms with E-state index in [0.717, 1.165) is 22.3 Å². The van der Waals surface area contributed by atoms with Crippen molar-refractivity contribution in [2.45, 2.75) is 11.9 Å².